The normalized spacial score (nSPS) is 17.4. The number of aliphatic imine (C=N–C) groups is 1. The lowest BCUT2D eigenvalue weighted by Gasteiger charge is -2.23. The Balaban J connectivity index is 1.91. The molecule has 29 heavy (non-hydrogen) atoms. The van der Waals surface area contributed by atoms with Gasteiger partial charge in [0.15, 0.2) is 17.3 Å². The molecule has 0 saturated heterocycles. The summed E-state index contributed by atoms with van der Waals surface area (Å²) in [6.07, 6.45) is 1.73. The molecule has 0 saturated carbocycles. The van der Waals surface area contributed by atoms with E-state index in [-0.39, 0.29) is 52.1 Å². The molecule has 0 aromatic heterocycles. The molecule has 0 aliphatic carbocycles. The molecule has 1 aromatic rings. The summed E-state index contributed by atoms with van der Waals surface area (Å²) in [4.78, 5) is 40.1. The third-order valence-corrected chi connectivity index (χ3v) is 5.02. The van der Waals surface area contributed by atoms with E-state index in [1.165, 1.54) is 12.1 Å². The van der Waals surface area contributed by atoms with Gasteiger partial charge in [0, 0.05) is 11.6 Å². The van der Waals surface area contributed by atoms with E-state index in [1.807, 2.05) is 13.8 Å². The lowest BCUT2D eigenvalue weighted by atomic mass is 9.97. The summed E-state index contributed by atoms with van der Waals surface area (Å²) in [5.41, 5.74) is 1.25. The van der Waals surface area contributed by atoms with Gasteiger partial charge in [-0.2, -0.15) is 10.1 Å². The van der Waals surface area contributed by atoms with Gasteiger partial charge in [-0.1, -0.05) is 44.0 Å². The van der Waals surface area contributed by atoms with Gasteiger partial charge in [0.2, 0.25) is 5.90 Å². The topological polar surface area (TPSA) is 88.4 Å². The van der Waals surface area contributed by atoms with Crippen molar-refractivity contribution in [2.45, 2.75) is 33.6 Å². The fraction of sp³-hybridized carbons (Fsp3) is 0.350. The van der Waals surface area contributed by atoms with E-state index in [9.17, 15) is 14.4 Å². The number of dihydropyridines is 1. The zero-order valence-corrected chi connectivity index (χ0v) is 17.7. The van der Waals surface area contributed by atoms with Crippen LogP contribution in [0.15, 0.2) is 33.9 Å². The summed E-state index contributed by atoms with van der Waals surface area (Å²) < 4.78 is 5.74. The highest BCUT2D eigenvalue weighted by atomic mass is 35.5. The lowest BCUT2D eigenvalue weighted by Crippen LogP contribution is -2.37. The van der Waals surface area contributed by atoms with Gasteiger partial charge < -0.3 is 4.74 Å². The standard InChI is InChI=1S/C20H19Cl2N3O4/c1-4-15-16(26)8-19(28)25(24-15)11-5-13(21)20(14(22)6-11)29-18-7-12(10(2)3)17(27)9-23-18/h5-7,10H,4,8-9H2,1-3H3. The Labute approximate surface area is 178 Å². The lowest BCUT2D eigenvalue weighted by molar-refractivity contribution is -0.124. The van der Waals surface area contributed by atoms with Crippen LogP contribution in [0.25, 0.3) is 0 Å². The highest BCUT2D eigenvalue weighted by Crippen LogP contribution is 2.38. The largest absolute Gasteiger partial charge is 0.436 e. The smallest absolute Gasteiger partial charge is 0.255 e. The number of hydrogen-bond donors (Lipinski definition) is 0. The summed E-state index contributed by atoms with van der Waals surface area (Å²) >= 11 is 12.7. The quantitative estimate of drug-likeness (QED) is 0.668. The molecule has 0 atom stereocenters. The minimum Gasteiger partial charge on any atom is -0.436 e. The number of ketones is 2. The molecule has 0 bridgehead atoms. The van der Waals surface area contributed by atoms with Crippen molar-refractivity contribution >= 4 is 58.0 Å². The number of amides is 1. The van der Waals surface area contributed by atoms with Gasteiger partial charge in [0.25, 0.3) is 5.91 Å². The van der Waals surface area contributed by atoms with Gasteiger partial charge >= 0.3 is 0 Å². The molecular weight excluding hydrogens is 417 g/mol. The number of hydrogen-bond acceptors (Lipinski definition) is 6. The van der Waals surface area contributed by atoms with Crippen LogP contribution in [-0.4, -0.2) is 35.6 Å². The predicted molar refractivity (Wildman–Crippen MR) is 112 cm³/mol. The first-order valence-electron chi connectivity index (χ1n) is 9.11. The summed E-state index contributed by atoms with van der Waals surface area (Å²) in [5.74, 6) is -0.386. The number of halogens is 2. The van der Waals surface area contributed by atoms with Crippen molar-refractivity contribution in [1.82, 2.24) is 0 Å². The van der Waals surface area contributed by atoms with E-state index >= 15 is 0 Å². The maximum absolute atomic E-state index is 12.2. The molecule has 0 fully saturated rings. The number of carbonyl (C=O) groups is 3. The SMILES string of the molecule is CCC1=NN(c2cc(Cl)c(OC3=NCC(=O)C(C(C)C)=C3)c(Cl)c2)C(=O)CC1=O. The molecule has 0 radical (unpaired) electrons. The van der Waals surface area contributed by atoms with E-state index < -0.39 is 5.91 Å². The third-order valence-electron chi connectivity index (χ3n) is 4.46. The summed E-state index contributed by atoms with van der Waals surface area (Å²) in [6.45, 7) is 5.60. The average Bonchev–Trinajstić information content (AvgIpc) is 2.65. The van der Waals surface area contributed by atoms with Gasteiger partial charge in [-0.25, -0.2) is 4.99 Å². The van der Waals surface area contributed by atoms with Crippen molar-refractivity contribution in [2.75, 3.05) is 11.6 Å². The monoisotopic (exact) mass is 435 g/mol. The molecule has 0 unspecified atom stereocenters. The second-order valence-corrected chi connectivity index (χ2v) is 7.69. The molecule has 7 nitrogen and oxygen atoms in total. The minimum absolute atomic E-state index is 0.00249. The number of rotatable bonds is 4. The molecule has 3 rings (SSSR count). The number of hydrazone groups is 1. The summed E-state index contributed by atoms with van der Waals surface area (Å²) in [5, 5.41) is 5.53. The Hall–Kier alpha value is -2.51. The van der Waals surface area contributed by atoms with E-state index in [0.717, 1.165) is 5.01 Å². The summed E-state index contributed by atoms with van der Waals surface area (Å²) in [7, 11) is 0. The average molecular weight is 436 g/mol. The predicted octanol–water partition coefficient (Wildman–Crippen LogP) is 4.01. The van der Waals surface area contributed by atoms with Crippen molar-refractivity contribution in [3.8, 4) is 5.75 Å². The molecule has 152 valence electrons. The first-order valence-corrected chi connectivity index (χ1v) is 9.86. The van der Waals surface area contributed by atoms with Crippen molar-refractivity contribution in [3.63, 3.8) is 0 Å². The van der Waals surface area contributed by atoms with Gasteiger partial charge in [-0.15, -0.1) is 0 Å². The highest BCUT2D eigenvalue weighted by Gasteiger charge is 2.29. The summed E-state index contributed by atoms with van der Waals surface area (Å²) in [6, 6.07) is 2.96. The number of benzene rings is 1. The molecule has 0 N–H and O–H groups in total. The molecular formula is C20H19Cl2N3O4. The van der Waals surface area contributed by atoms with Crippen LogP contribution >= 0.6 is 23.2 Å². The molecule has 2 aliphatic rings. The van der Waals surface area contributed by atoms with Crippen LogP contribution in [0.2, 0.25) is 10.0 Å². The Morgan fingerprint density at radius 2 is 1.79 bits per heavy atom. The van der Waals surface area contributed by atoms with Crippen LogP contribution in [0.4, 0.5) is 5.69 Å². The Morgan fingerprint density at radius 3 is 2.38 bits per heavy atom. The van der Waals surface area contributed by atoms with Crippen LogP contribution in [0.3, 0.4) is 0 Å². The highest BCUT2D eigenvalue weighted by molar-refractivity contribution is 6.45. The zero-order valence-electron chi connectivity index (χ0n) is 16.2. The zero-order chi connectivity index (χ0) is 21.3. The van der Waals surface area contributed by atoms with Gasteiger partial charge in [0.1, 0.15) is 12.3 Å². The molecule has 9 heteroatoms. The van der Waals surface area contributed by atoms with Gasteiger partial charge in [-0.05, 0) is 24.5 Å². The number of Topliss-reactive ketones (excluding diaryl/α,β-unsaturated/α-hetero) is 2. The van der Waals surface area contributed by atoms with Crippen molar-refractivity contribution in [2.24, 2.45) is 16.0 Å². The van der Waals surface area contributed by atoms with Crippen molar-refractivity contribution in [1.29, 1.82) is 0 Å². The number of anilines is 1. The van der Waals surface area contributed by atoms with Crippen LogP contribution in [0, 0.1) is 5.92 Å². The minimum atomic E-state index is -0.465. The Morgan fingerprint density at radius 1 is 1.14 bits per heavy atom. The third kappa shape index (κ3) is 4.41. The van der Waals surface area contributed by atoms with Crippen LogP contribution < -0.4 is 9.75 Å². The Bertz CT molecular complexity index is 972. The number of carbonyl (C=O) groups excluding carboxylic acids is 3. The molecule has 1 aromatic carbocycles. The van der Waals surface area contributed by atoms with E-state index in [1.54, 1.807) is 13.0 Å². The molecule has 0 spiro atoms. The Kier molecular flexibility index (Phi) is 6.19. The second-order valence-electron chi connectivity index (χ2n) is 6.88. The van der Waals surface area contributed by atoms with Crippen molar-refractivity contribution in [3.05, 3.63) is 33.8 Å². The van der Waals surface area contributed by atoms with Crippen molar-refractivity contribution < 1.29 is 19.1 Å². The number of ether oxygens (including phenoxy) is 1. The second kappa shape index (κ2) is 8.47. The van der Waals surface area contributed by atoms with Crippen LogP contribution in [0.5, 0.6) is 5.75 Å². The van der Waals surface area contributed by atoms with Gasteiger partial charge in [-0.3, -0.25) is 14.4 Å². The van der Waals surface area contributed by atoms with Crippen LogP contribution in [0.1, 0.15) is 33.6 Å². The maximum atomic E-state index is 12.2. The maximum Gasteiger partial charge on any atom is 0.255 e. The fourth-order valence-corrected chi connectivity index (χ4v) is 3.49. The van der Waals surface area contributed by atoms with E-state index in [0.29, 0.717) is 23.4 Å². The first kappa shape index (κ1) is 21.2. The van der Waals surface area contributed by atoms with Crippen LogP contribution in [-0.2, 0) is 14.4 Å². The number of nitrogens with zero attached hydrogens (tertiary/aromatic N) is 3. The van der Waals surface area contributed by atoms with E-state index in [2.05, 4.69) is 10.1 Å². The van der Waals surface area contributed by atoms with E-state index in [4.69, 9.17) is 27.9 Å². The molecule has 1 amide bonds. The van der Waals surface area contributed by atoms with Gasteiger partial charge in [0.05, 0.1) is 22.2 Å². The first-order chi connectivity index (χ1) is 13.7. The molecule has 2 aliphatic heterocycles. The molecule has 2 heterocycles. The fourth-order valence-electron chi connectivity index (χ4n) is 2.94.